The monoisotopic (exact) mass is 373 g/mol. The summed E-state index contributed by atoms with van der Waals surface area (Å²) >= 11 is 3.52. The number of sulfonamides is 1. The number of alkyl halides is 1. The van der Waals surface area contributed by atoms with Crippen LogP contribution in [0.1, 0.15) is 43.7 Å². The SMILES string of the molecule is Cc1ccc(S(=O)(=O)NC2(CBr)CCCC(C)C2)cc1C. The second-order valence-electron chi connectivity index (χ2n) is 6.47. The first-order valence-corrected chi connectivity index (χ1v) is 10.1. The lowest BCUT2D eigenvalue weighted by molar-refractivity contribution is 0.241. The van der Waals surface area contributed by atoms with E-state index in [0.717, 1.165) is 30.4 Å². The summed E-state index contributed by atoms with van der Waals surface area (Å²) in [6.07, 6.45) is 4.04. The largest absolute Gasteiger partial charge is 0.241 e. The van der Waals surface area contributed by atoms with Gasteiger partial charge in [0.2, 0.25) is 10.0 Å². The van der Waals surface area contributed by atoms with Crippen molar-refractivity contribution < 1.29 is 8.42 Å². The summed E-state index contributed by atoms with van der Waals surface area (Å²) in [6, 6.07) is 5.32. The number of rotatable bonds is 4. The second kappa shape index (κ2) is 6.39. The summed E-state index contributed by atoms with van der Waals surface area (Å²) in [4.78, 5) is 0.365. The molecule has 0 heterocycles. The fraction of sp³-hybridized carbons (Fsp3) is 0.625. The van der Waals surface area contributed by atoms with Crippen LogP contribution in [0.2, 0.25) is 0 Å². The molecule has 0 radical (unpaired) electrons. The van der Waals surface area contributed by atoms with E-state index in [1.807, 2.05) is 19.9 Å². The molecule has 2 atom stereocenters. The van der Waals surface area contributed by atoms with Gasteiger partial charge < -0.3 is 0 Å². The van der Waals surface area contributed by atoms with Crippen LogP contribution in [0.4, 0.5) is 0 Å². The maximum Gasteiger partial charge on any atom is 0.241 e. The third-order valence-corrected chi connectivity index (χ3v) is 7.14. The smallest absolute Gasteiger partial charge is 0.207 e. The van der Waals surface area contributed by atoms with Crippen molar-refractivity contribution in [3.63, 3.8) is 0 Å². The molecule has 1 aliphatic carbocycles. The van der Waals surface area contributed by atoms with Gasteiger partial charge in [0.25, 0.3) is 0 Å². The van der Waals surface area contributed by atoms with E-state index in [-0.39, 0.29) is 5.54 Å². The van der Waals surface area contributed by atoms with Crippen LogP contribution in [-0.2, 0) is 10.0 Å². The number of benzene rings is 1. The van der Waals surface area contributed by atoms with E-state index >= 15 is 0 Å². The van der Waals surface area contributed by atoms with E-state index in [0.29, 0.717) is 16.1 Å². The highest BCUT2D eigenvalue weighted by molar-refractivity contribution is 9.09. The number of hydrogen-bond acceptors (Lipinski definition) is 2. The Labute approximate surface area is 136 Å². The van der Waals surface area contributed by atoms with Gasteiger partial charge in [-0.05, 0) is 55.9 Å². The second-order valence-corrected chi connectivity index (χ2v) is 8.71. The molecule has 0 saturated heterocycles. The summed E-state index contributed by atoms with van der Waals surface area (Å²) in [5, 5.41) is 0.661. The zero-order valence-corrected chi connectivity index (χ0v) is 15.4. The predicted molar refractivity (Wildman–Crippen MR) is 90.4 cm³/mol. The molecule has 0 amide bonds. The summed E-state index contributed by atoms with van der Waals surface area (Å²) < 4.78 is 28.4. The molecule has 118 valence electrons. The van der Waals surface area contributed by atoms with Gasteiger partial charge >= 0.3 is 0 Å². The molecule has 1 aromatic rings. The van der Waals surface area contributed by atoms with Crippen molar-refractivity contribution in [2.75, 3.05) is 5.33 Å². The van der Waals surface area contributed by atoms with Crippen LogP contribution >= 0.6 is 15.9 Å². The average Bonchev–Trinajstić information content (AvgIpc) is 2.41. The molecule has 5 heteroatoms. The van der Waals surface area contributed by atoms with E-state index in [1.165, 1.54) is 6.42 Å². The van der Waals surface area contributed by atoms with Crippen molar-refractivity contribution in [1.82, 2.24) is 4.72 Å². The summed E-state index contributed by atoms with van der Waals surface area (Å²) in [5.41, 5.74) is 1.76. The first kappa shape index (κ1) is 17.0. The first-order valence-electron chi connectivity index (χ1n) is 7.45. The fourth-order valence-electron chi connectivity index (χ4n) is 3.13. The molecule has 1 saturated carbocycles. The maximum atomic E-state index is 12.7. The van der Waals surface area contributed by atoms with Crippen molar-refractivity contribution in [3.05, 3.63) is 29.3 Å². The lowest BCUT2D eigenvalue weighted by Crippen LogP contribution is -2.52. The Bertz CT molecular complexity index is 615. The lowest BCUT2D eigenvalue weighted by Gasteiger charge is -2.39. The van der Waals surface area contributed by atoms with E-state index in [9.17, 15) is 8.42 Å². The average molecular weight is 374 g/mol. The van der Waals surface area contributed by atoms with Crippen molar-refractivity contribution in [2.24, 2.45) is 5.92 Å². The van der Waals surface area contributed by atoms with Gasteiger partial charge in [-0.25, -0.2) is 13.1 Å². The Morgan fingerprint density at radius 3 is 2.62 bits per heavy atom. The Hall–Kier alpha value is -0.390. The van der Waals surface area contributed by atoms with Crippen LogP contribution in [-0.4, -0.2) is 19.3 Å². The van der Waals surface area contributed by atoms with Crippen molar-refractivity contribution >= 4 is 26.0 Å². The first-order chi connectivity index (χ1) is 9.78. The minimum Gasteiger partial charge on any atom is -0.207 e. The summed E-state index contributed by atoms with van der Waals surface area (Å²) in [7, 11) is -3.47. The van der Waals surface area contributed by atoms with Gasteiger partial charge in [-0.3, -0.25) is 0 Å². The van der Waals surface area contributed by atoms with Crippen LogP contribution in [0.5, 0.6) is 0 Å². The minimum atomic E-state index is -3.47. The zero-order valence-electron chi connectivity index (χ0n) is 12.9. The molecule has 1 N–H and O–H groups in total. The van der Waals surface area contributed by atoms with E-state index in [2.05, 4.69) is 27.6 Å². The van der Waals surface area contributed by atoms with Crippen molar-refractivity contribution in [3.8, 4) is 0 Å². The van der Waals surface area contributed by atoms with Gasteiger partial charge in [0.1, 0.15) is 0 Å². The van der Waals surface area contributed by atoms with Gasteiger partial charge in [0.15, 0.2) is 0 Å². The molecule has 21 heavy (non-hydrogen) atoms. The van der Waals surface area contributed by atoms with Gasteiger partial charge in [-0.15, -0.1) is 0 Å². The normalized spacial score (nSPS) is 26.8. The zero-order chi connectivity index (χ0) is 15.7. The van der Waals surface area contributed by atoms with E-state index in [1.54, 1.807) is 12.1 Å². The number of halogens is 1. The van der Waals surface area contributed by atoms with Crippen LogP contribution in [0, 0.1) is 19.8 Å². The third kappa shape index (κ3) is 3.88. The quantitative estimate of drug-likeness (QED) is 0.812. The molecule has 1 aliphatic rings. The molecule has 1 fully saturated rings. The Morgan fingerprint density at radius 2 is 2.05 bits per heavy atom. The number of nitrogens with one attached hydrogen (secondary N) is 1. The maximum absolute atomic E-state index is 12.7. The molecule has 0 bridgehead atoms. The van der Waals surface area contributed by atoms with Crippen LogP contribution in [0.3, 0.4) is 0 Å². The molecule has 0 aromatic heterocycles. The molecule has 2 rings (SSSR count). The molecule has 0 aliphatic heterocycles. The van der Waals surface area contributed by atoms with Gasteiger partial charge in [0.05, 0.1) is 4.90 Å². The lowest BCUT2D eigenvalue weighted by atomic mass is 9.78. The number of aryl methyl sites for hydroxylation is 2. The highest BCUT2D eigenvalue weighted by Gasteiger charge is 2.37. The van der Waals surface area contributed by atoms with Gasteiger partial charge in [0, 0.05) is 10.9 Å². The summed E-state index contributed by atoms with van der Waals surface area (Å²) in [5.74, 6) is 0.554. The molecular formula is C16H24BrNO2S. The standard InChI is InChI=1S/C16H24BrNO2S/c1-12-5-4-8-16(10-12,11-17)18-21(19,20)15-7-6-13(2)14(3)9-15/h6-7,9,12,18H,4-5,8,10-11H2,1-3H3. The fourth-order valence-corrected chi connectivity index (χ4v) is 5.49. The van der Waals surface area contributed by atoms with Crippen LogP contribution in [0.25, 0.3) is 0 Å². The number of hydrogen-bond donors (Lipinski definition) is 1. The molecule has 0 spiro atoms. The highest BCUT2D eigenvalue weighted by Crippen LogP contribution is 2.35. The topological polar surface area (TPSA) is 46.2 Å². The Balaban J connectivity index is 2.28. The van der Waals surface area contributed by atoms with Crippen LogP contribution in [0.15, 0.2) is 23.1 Å². The van der Waals surface area contributed by atoms with Gasteiger partial charge in [-0.1, -0.05) is 41.8 Å². The van der Waals surface area contributed by atoms with E-state index in [4.69, 9.17) is 0 Å². The Morgan fingerprint density at radius 1 is 1.33 bits per heavy atom. The predicted octanol–water partition coefficient (Wildman–Crippen LogP) is 3.93. The van der Waals surface area contributed by atoms with E-state index < -0.39 is 10.0 Å². The third-order valence-electron chi connectivity index (χ3n) is 4.49. The molecule has 3 nitrogen and oxygen atoms in total. The van der Waals surface area contributed by atoms with Crippen molar-refractivity contribution in [2.45, 2.75) is 56.9 Å². The minimum absolute atomic E-state index is 0.352. The van der Waals surface area contributed by atoms with Crippen LogP contribution < -0.4 is 4.72 Å². The summed E-state index contributed by atoms with van der Waals surface area (Å²) in [6.45, 7) is 6.13. The van der Waals surface area contributed by atoms with Crippen molar-refractivity contribution in [1.29, 1.82) is 0 Å². The highest BCUT2D eigenvalue weighted by atomic mass is 79.9. The molecular weight excluding hydrogens is 350 g/mol. The molecule has 2 unspecified atom stereocenters. The Kier molecular flexibility index (Phi) is 5.16. The van der Waals surface area contributed by atoms with Gasteiger partial charge in [-0.2, -0.15) is 0 Å². The molecule has 1 aromatic carbocycles.